The first kappa shape index (κ1) is 16.1. The highest BCUT2D eigenvalue weighted by Crippen LogP contribution is 2.18. The highest BCUT2D eigenvalue weighted by Gasteiger charge is 2.16. The predicted molar refractivity (Wildman–Crippen MR) is 82.9 cm³/mol. The first-order valence-corrected chi connectivity index (χ1v) is 7.02. The SMILES string of the molecule is COC(=O)c1cc(CN(C)Cc2ccc(OC)cc2)oc1C. The second-order valence-electron chi connectivity index (χ2n) is 5.19. The van der Waals surface area contributed by atoms with Crippen LogP contribution in [0, 0.1) is 6.92 Å². The van der Waals surface area contributed by atoms with Crippen molar-refractivity contribution < 1.29 is 18.7 Å². The fraction of sp³-hybridized carbons (Fsp3) is 0.353. The van der Waals surface area contributed by atoms with E-state index in [0.29, 0.717) is 17.9 Å². The van der Waals surface area contributed by atoms with E-state index in [1.165, 1.54) is 12.7 Å². The minimum absolute atomic E-state index is 0.370. The minimum Gasteiger partial charge on any atom is -0.497 e. The summed E-state index contributed by atoms with van der Waals surface area (Å²) in [4.78, 5) is 13.7. The van der Waals surface area contributed by atoms with Gasteiger partial charge in [-0.15, -0.1) is 0 Å². The maximum Gasteiger partial charge on any atom is 0.341 e. The van der Waals surface area contributed by atoms with Crippen molar-refractivity contribution in [1.82, 2.24) is 4.90 Å². The standard InChI is InChI=1S/C17H21NO4/c1-12-16(17(19)21-4)9-15(22-12)11-18(2)10-13-5-7-14(20-3)8-6-13/h5-9H,10-11H2,1-4H3. The molecule has 0 spiro atoms. The van der Waals surface area contributed by atoms with Crippen LogP contribution in [-0.2, 0) is 17.8 Å². The molecule has 0 aliphatic carbocycles. The molecule has 0 amide bonds. The van der Waals surface area contributed by atoms with Gasteiger partial charge in [0.2, 0.25) is 0 Å². The molecule has 1 heterocycles. The van der Waals surface area contributed by atoms with E-state index in [4.69, 9.17) is 13.9 Å². The number of hydrogen-bond donors (Lipinski definition) is 0. The van der Waals surface area contributed by atoms with Crippen LogP contribution in [0.5, 0.6) is 5.75 Å². The summed E-state index contributed by atoms with van der Waals surface area (Å²) in [5.74, 6) is 1.80. The van der Waals surface area contributed by atoms with Crippen LogP contribution in [0.15, 0.2) is 34.7 Å². The van der Waals surface area contributed by atoms with Crippen molar-refractivity contribution in [2.75, 3.05) is 21.3 Å². The molecule has 2 aromatic rings. The lowest BCUT2D eigenvalue weighted by molar-refractivity contribution is 0.0599. The Labute approximate surface area is 130 Å². The first-order chi connectivity index (χ1) is 10.5. The molecule has 0 fully saturated rings. The normalized spacial score (nSPS) is 10.8. The van der Waals surface area contributed by atoms with E-state index in [0.717, 1.165) is 18.1 Å². The highest BCUT2D eigenvalue weighted by molar-refractivity contribution is 5.90. The van der Waals surface area contributed by atoms with Crippen molar-refractivity contribution in [3.8, 4) is 5.75 Å². The number of carbonyl (C=O) groups is 1. The Hall–Kier alpha value is -2.27. The predicted octanol–water partition coefficient (Wildman–Crippen LogP) is 3.02. The molecule has 5 nitrogen and oxygen atoms in total. The molecule has 0 bridgehead atoms. The van der Waals surface area contributed by atoms with Crippen LogP contribution in [0.25, 0.3) is 0 Å². The lowest BCUT2D eigenvalue weighted by Gasteiger charge is -2.15. The lowest BCUT2D eigenvalue weighted by Crippen LogP contribution is -2.16. The molecule has 118 valence electrons. The number of hydrogen-bond acceptors (Lipinski definition) is 5. The van der Waals surface area contributed by atoms with Crippen molar-refractivity contribution in [2.45, 2.75) is 20.0 Å². The molecule has 22 heavy (non-hydrogen) atoms. The number of nitrogens with zero attached hydrogens (tertiary/aromatic N) is 1. The summed E-state index contributed by atoms with van der Waals surface area (Å²) in [5.41, 5.74) is 1.66. The van der Waals surface area contributed by atoms with Crippen molar-refractivity contribution in [3.05, 3.63) is 53.0 Å². The summed E-state index contributed by atoms with van der Waals surface area (Å²) in [6.07, 6.45) is 0. The lowest BCUT2D eigenvalue weighted by atomic mass is 10.2. The van der Waals surface area contributed by atoms with E-state index in [9.17, 15) is 4.79 Å². The van der Waals surface area contributed by atoms with Crippen LogP contribution in [-0.4, -0.2) is 32.1 Å². The number of benzene rings is 1. The third-order valence-electron chi connectivity index (χ3n) is 3.41. The Kier molecular flexibility index (Phi) is 5.22. The molecule has 0 aliphatic heterocycles. The van der Waals surface area contributed by atoms with Crippen LogP contribution in [0.2, 0.25) is 0 Å². The zero-order chi connectivity index (χ0) is 16.1. The molecule has 2 rings (SSSR count). The van der Waals surface area contributed by atoms with E-state index in [1.54, 1.807) is 20.1 Å². The summed E-state index contributed by atoms with van der Waals surface area (Å²) in [5, 5.41) is 0. The van der Waals surface area contributed by atoms with Gasteiger partial charge in [-0.25, -0.2) is 4.79 Å². The summed E-state index contributed by atoms with van der Waals surface area (Å²) in [7, 11) is 5.02. The average molecular weight is 303 g/mol. The fourth-order valence-electron chi connectivity index (χ4n) is 2.30. The zero-order valence-corrected chi connectivity index (χ0v) is 13.4. The number of esters is 1. The first-order valence-electron chi connectivity index (χ1n) is 7.02. The van der Waals surface area contributed by atoms with Crippen molar-refractivity contribution in [2.24, 2.45) is 0 Å². The summed E-state index contributed by atoms with van der Waals surface area (Å²) < 4.78 is 15.5. The Morgan fingerprint density at radius 3 is 2.45 bits per heavy atom. The van der Waals surface area contributed by atoms with Crippen LogP contribution >= 0.6 is 0 Å². The molecule has 0 aliphatic rings. The molecular weight excluding hydrogens is 282 g/mol. The van der Waals surface area contributed by atoms with Gasteiger partial charge in [-0.1, -0.05) is 12.1 Å². The smallest absolute Gasteiger partial charge is 0.341 e. The Balaban J connectivity index is 1.99. The second kappa shape index (κ2) is 7.13. The van der Waals surface area contributed by atoms with Gasteiger partial charge in [0, 0.05) is 6.54 Å². The highest BCUT2D eigenvalue weighted by atomic mass is 16.5. The number of ether oxygens (including phenoxy) is 2. The number of methoxy groups -OCH3 is 2. The summed E-state index contributed by atoms with van der Waals surface area (Å²) in [6.45, 7) is 3.15. The molecular formula is C17H21NO4. The third-order valence-corrected chi connectivity index (χ3v) is 3.41. The topological polar surface area (TPSA) is 51.9 Å². The third kappa shape index (κ3) is 3.89. The van der Waals surface area contributed by atoms with Crippen molar-refractivity contribution in [1.29, 1.82) is 0 Å². The van der Waals surface area contributed by atoms with Crippen LogP contribution in [0.3, 0.4) is 0 Å². The Morgan fingerprint density at radius 1 is 1.18 bits per heavy atom. The molecule has 0 saturated carbocycles. The van der Waals surface area contributed by atoms with Gasteiger partial charge in [-0.3, -0.25) is 4.90 Å². The summed E-state index contributed by atoms with van der Waals surface area (Å²) >= 11 is 0. The largest absolute Gasteiger partial charge is 0.497 e. The monoisotopic (exact) mass is 303 g/mol. The number of aryl methyl sites for hydroxylation is 1. The molecule has 1 aromatic heterocycles. The van der Waals surface area contributed by atoms with E-state index in [-0.39, 0.29) is 5.97 Å². The van der Waals surface area contributed by atoms with E-state index < -0.39 is 0 Å². The average Bonchev–Trinajstić information content (AvgIpc) is 2.87. The van der Waals surface area contributed by atoms with Gasteiger partial charge in [0.05, 0.1) is 20.8 Å². The Bertz CT molecular complexity index is 631. The van der Waals surface area contributed by atoms with E-state index in [2.05, 4.69) is 4.90 Å². The van der Waals surface area contributed by atoms with Crippen molar-refractivity contribution in [3.63, 3.8) is 0 Å². The minimum atomic E-state index is -0.370. The van der Waals surface area contributed by atoms with E-state index >= 15 is 0 Å². The number of rotatable bonds is 6. The van der Waals surface area contributed by atoms with Gasteiger partial charge < -0.3 is 13.9 Å². The molecule has 5 heteroatoms. The zero-order valence-electron chi connectivity index (χ0n) is 13.4. The van der Waals surface area contributed by atoms with Crippen LogP contribution < -0.4 is 4.74 Å². The van der Waals surface area contributed by atoms with Gasteiger partial charge in [-0.2, -0.15) is 0 Å². The van der Waals surface area contributed by atoms with Crippen LogP contribution in [0.4, 0.5) is 0 Å². The molecule has 0 N–H and O–H groups in total. The maximum absolute atomic E-state index is 11.6. The quantitative estimate of drug-likeness (QED) is 0.768. The molecule has 1 aromatic carbocycles. The number of carbonyl (C=O) groups excluding carboxylic acids is 1. The fourth-order valence-corrected chi connectivity index (χ4v) is 2.30. The van der Waals surface area contributed by atoms with E-state index in [1.807, 2.05) is 31.3 Å². The molecule has 0 radical (unpaired) electrons. The van der Waals surface area contributed by atoms with Gasteiger partial charge in [0.15, 0.2) is 0 Å². The van der Waals surface area contributed by atoms with Gasteiger partial charge >= 0.3 is 5.97 Å². The molecule has 0 saturated heterocycles. The second-order valence-corrected chi connectivity index (χ2v) is 5.19. The Morgan fingerprint density at radius 2 is 1.86 bits per heavy atom. The summed E-state index contributed by atoms with van der Waals surface area (Å²) in [6, 6.07) is 9.68. The maximum atomic E-state index is 11.6. The van der Waals surface area contributed by atoms with Crippen LogP contribution in [0.1, 0.15) is 27.4 Å². The van der Waals surface area contributed by atoms with Crippen molar-refractivity contribution >= 4 is 5.97 Å². The molecule has 0 unspecified atom stereocenters. The molecule has 0 atom stereocenters. The van der Waals surface area contributed by atoms with Gasteiger partial charge in [-0.05, 0) is 37.7 Å². The number of furan rings is 1. The van der Waals surface area contributed by atoms with Gasteiger partial charge in [0.25, 0.3) is 0 Å². The van der Waals surface area contributed by atoms with Gasteiger partial charge in [0.1, 0.15) is 22.8 Å².